The number of nitrogens with zero attached hydrogens (tertiary/aromatic N) is 1. The van der Waals surface area contributed by atoms with Crippen molar-refractivity contribution in [3.8, 4) is 0 Å². The number of carbonyl (C=O) groups is 1. The van der Waals surface area contributed by atoms with Crippen molar-refractivity contribution in [1.82, 2.24) is 5.32 Å². The molecule has 186 valence electrons. The zero-order chi connectivity index (χ0) is 25.1. The van der Waals surface area contributed by atoms with Gasteiger partial charge in [-0.2, -0.15) is 13.2 Å². The van der Waals surface area contributed by atoms with E-state index in [4.69, 9.17) is 4.74 Å². The summed E-state index contributed by atoms with van der Waals surface area (Å²) in [7, 11) is 0. The van der Waals surface area contributed by atoms with Crippen LogP contribution < -0.4 is 15.5 Å². The molecule has 5 nitrogen and oxygen atoms in total. The number of rotatable bonds is 5. The Hall–Kier alpha value is -3.04. The van der Waals surface area contributed by atoms with E-state index in [0.29, 0.717) is 5.69 Å². The zero-order valence-corrected chi connectivity index (χ0v) is 19.2. The van der Waals surface area contributed by atoms with Gasteiger partial charge in [-0.1, -0.05) is 12.1 Å². The first-order valence-corrected chi connectivity index (χ1v) is 11.0. The molecular weight excluding hydrogens is 457 g/mol. The van der Waals surface area contributed by atoms with Crippen molar-refractivity contribution in [2.24, 2.45) is 5.92 Å². The molecule has 0 bridgehead atoms. The van der Waals surface area contributed by atoms with E-state index >= 15 is 0 Å². The summed E-state index contributed by atoms with van der Waals surface area (Å²) in [6.07, 6.45) is -5.23. The first kappa shape index (κ1) is 25.6. The Morgan fingerprint density at radius 2 is 1.56 bits per heavy atom. The zero-order valence-electron chi connectivity index (χ0n) is 19.2. The van der Waals surface area contributed by atoms with E-state index in [2.05, 4.69) is 10.6 Å². The van der Waals surface area contributed by atoms with Gasteiger partial charge < -0.3 is 20.3 Å². The lowest BCUT2D eigenvalue weighted by Gasteiger charge is -2.34. The number of benzene rings is 2. The molecule has 34 heavy (non-hydrogen) atoms. The summed E-state index contributed by atoms with van der Waals surface area (Å²) in [5, 5.41) is 5.55. The molecule has 0 atom stereocenters. The number of anilines is 3. The van der Waals surface area contributed by atoms with Crippen LogP contribution in [-0.4, -0.2) is 31.0 Å². The number of piperidine rings is 1. The van der Waals surface area contributed by atoms with Crippen LogP contribution in [0.15, 0.2) is 36.4 Å². The van der Waals surface area contributed by atoms with Crippen molar-refractivity contribution in [2.75, 3.05) is 23.3 Å². The van der Waals surface area contributed by atoms with E-state index in [-0.39, 0.29) is 43.9 Å². The predicted molar refractivity (Wildman–Crippen MR) is 120 cm³/mol. The Morgan fingerprint density at radius 3 is 2.06 bits per heavy atom. The molecule has 0 spiro atoms. The summed E-state index contributed by atoms with van der Waals surface area (Å²) in [5.41, 5.74) is 0.625. The third kappa shape index (κ3) is 6.98. The maximum atomic E-state index is 14.7. The highest BCUT2D eigenvalue weighted by Crippen LogP contribution is 2.37. The molecule has 0 aromatic heterocycles. The van der Waals surface area contributed by atoms with Gasteiger partial charge in [-0.3, -0.25) is 0 Å². The van der Waals surface area contributed by atoms with Gasteiger partial charge in [-0.05, 0) is 63.4 Å². The maximum absolute atomic E-state index is 14.7. The number of alkyl carbamates (subject to hydrolysis) is 1. The molecule has 2 aromatic carbocycles. The van der Waals surface area contributed by atoms with Crippen LogP contribution in [0.1, 0.15) is 39.2 Å². The van der Waals surface area contributed by atoms with Crippen molar-refractivity contribution < 1.29 is 31.5 Å². The number of carbonyl (C=O) groups excluding carboxylic acids is 1. The van der Waals surface area contributed by atoms with Crippen molar-refractivity contribution in [3.05, 3.63) is 53.6 Å². The minimum Gasteiger partial charge on any atom is -0.444 e. The largest absolute Gasteiger partial charge is 0.444 e. The lowest BCUT2D eigenvalue weighted by atomic mass is 9.96. The van der Waals surface area contributed by atoms with Crippen molar-refractivity contribution in [2.45, 2.75) is 51.9 Å². The van der Waals surface area contributed by atoms with Gasteiger partial charge in [-0.25, -0.2) is 13.6 Å². The molecule has 1 aliphatic rings. The third-order valence-corrected chi connectivity index (χ3v) is 5.37. The molecule has 3 rings (SSSR count). The molecule has 1 amide bonds. The van der Waals surface area contributed by atoms with Gasteiger partial charge in [0.05, 0.1) is 5.92 Å². The second-order valence-electron chi connectivity index (χ2n) is 9.27. The Kier molecular flexibility index (Phi) is 7.57. The van der Waals surface area contributed by atoms with Crippen molar-refractivity contribution in [3.63, 3.8) is 0 Å². The predicted octanol–water partition coefficient (Wildman–Crippen LogP) is 6.51. The molecule has 0 aliphatic carbocycles. The maximum Gasteiger partial charge on any atom is 0.407 e. The topological polar surface area (TPSA) is 53.6 Å². The standard InChI is InChI=1S/C24H28F5N3O2/c1-23(2,3)34-22(33)30-14-15-4-6-17(7-5-15)31-18-12-19(25)21(20(26)13-18)32-10-8-16(9-11-32)24(27,28)29/h4-7,12-13,16,31H,8-11,14H2,1-3H3,(H,30,33). The molecule has 0 saturated carbocycles. The Morgan fingerprint density at radius 1 is 1.00 bits per heavy atom. The molecule has 1 saturated heterocycles. The summed E-state index contributed by atoms with van der Waals surface area (Å²) < 4.78 is 73.1. The number of ether oxygens (including phenoxy) is 1. The molecule has 2 N–H and O–H groups in total. The van der Waals surface area contributed by atoms with E-state index in [0.717, 1.165) is 17.7 Å². The fourth-order valence-electron chi connectivity index (χ4n) is 3.73. The van der Waals surface area contributed by atoms with Gasteiger partial charge in [-0.15, -0.1) is 0 Å². The van der Waals surface area contributed by atoms with Crippen LogP contribution in [-0.2, 0) is 11.3 Å². The first-order chi connectivity index (χ1) is 15.8. The number of halogens is 5. The smallest absolute Gasteiger partial charge is 0.407 e. The fourth-order valence-corrected chi connectivity index (χ4v) is 3.73. The molecule has 1 aliphatic heterocycles. The van der Waals surface area contributed by atoms with Gasteiger partial charge in [0.2, 0.25) is 0 Å². The van der Waals surface area contributed by atoms with Gasteiger partial charge in [0.15, 0.2) is 11.6 Å². The summed E-state index contributed by atoms with van der Waals surface area (Å²) >= 11 is 0. The van der Waals surface area contributed by atoms with Crippen LogP contribution in [0.5, 0.6) is 0 Å². The van der Waals surface area contributed by atoms with E-state index in [9.17, 15) is 26.7 Å². The van der Waals surface area contributed by atoms with E-state index in [1.807, 2.05) is 0 Å². The first-order valence-electron chi connectivity index (χ1n) is 11.0. The van der Waals surface area contributed by atoms with E-state index < -0.39 is 35.4 Å². The molecule has 1 fully saturated rings. The van der Waals surface area contributed by atoms with Gasteiger partial charge >= 0.3 is 12.3 Å². The van der Waals surface area contributed by atoms with Gasteiger partial charge in [0.25, 0.3) is 0 Å². The van der Waals surface area contributed by atoms with E-state index in [1.165, 1.54) is 4.90 Å². The summed E-state index contributed by atoms with van der Waals surface area (Å²) in [5.74, 6) is -3.13. The number of amides is 1. The molecule has 0 radical (unpaired) electrons. The molecule has 0 unspecified atom stereocenters. The third-order valence-electron chi connectivity index (χ3n) is 5.37. The van der Waals surface area contributed by atoms with Crippen molar-refractivity contribution in [1.29, 1.82) is 0 Å². The van der Waals surface area contributed by atoms with Crippen LogP contribution in [0, 0.1) is 17.6 Å². The second-order valence-corrected chi connectivity index (χ2v) is 9.27. The Labute approximate surface area is 195 Å². The number of hydrogen-bond acceptors (Lipinski definition) is 4. The lowest BCUT2D eigenvalue weighted by Crippen LogP contribution is -2.39. The average molecular weight is 485 g/mol. The monoisotopic (exact) mass is 485 g/mol. The minimum absolute atomic E-state index is 0.0659. The average Bonchev–Trinajstić information content (AvgIpc) is 2.71. The number of hydrogen-bond donors (Lipinski definition) is 2. The van der Waals surface area contributed by atoms with Crippen LogP contribution in [0.3, 0.4) is 0 Å². The van der Waals surface area contributed by atoms with Crippen LogP contribution in [0.2, 0.25) is 0 Å². The van der Waals surface area contributed by atoms with Gasteiger partial charge in [0.1, 0.15) is 11.3 Å². The molecule has 1 heterocycles. The Bertz CT molecular complexity index is 972. The number of nitrogens with one attached hydrogen (secondary N) is 2. The minimum atomic E-state index is -4.29. The van der Waals surface area contributed by atoms with Crippen LogP contribution in [0.4, 0.5) is 43.8 Å². The normalized spacial score (nSPS) is 15.2. The highest BCUT2D eigenvalue weighted by atomic mass is 19.4. The molecular formula is C24H28F5N3O2. The van der Waals surface area contributed by atoms with Crippen LogP contribution >= 0.6 is 0 Å². The summed E-state index contributed by atoms with van der Waals surface area (Å²) in [6.45, 7) is 5.41. The number of alkyl halides is 3. The summed E-state index contributed by atoms with van der Waals surface area (Å²) in [4.78, 5) is 13.1. The van der Waals surface area contributed by atoms with Crippen LogP contribution in [0.25, 0.3) is 0 Å². The molecule has 2 aromatic rings. The second kappa shape index (κ2) is 10.1. The highest BCUT2D eigenvalue weighted by Gasteiger charge is 2.41. The fraction of sp³-hybridized carbons (Fsp3) is 0.458. The lowest BCUT2D eigenvalue weighted by molar-refractivity contribution is -0.179. The SMILES string of the molecule is CC(C)(C)OC(=O)NCc1ccc(Nc2cc(F)c(N3CCC(C(F)(F)F)CC3)c(F)c2)cc1. The Balaban J connectivity index is 1.60. The highest BCUT2D eigenvalue weighted by molar-refractivity contribution is 5.68. The molecule has 10 heteroatoms. The van der Waals surface area contributed by atoms with Crippen molar-refractivity contribution >= 4 is 23.2 Å². The van der Waals surface area contributed by atoms with Gasteiger partial charge in [0, 0.05) is 31.0 Å². The summed E-state index contributed by atoms with van der Waals surface area (Å²) in [6, 6.07) is 9.10. The quantitative estimate of drug-likeness (QED) is 0.474. The van der Waals surface area contributed by atoms with E-state index in [1.54, 1.807) is 45.0 Å².